The van der Waals surface area contributed by atoms with Crippen molar-refractivity contribution in [1.29, 1.82) is 0 Å². The van der Waals surface area contributed by atoms with Crippen LogP contribution in [-0.2, 0) is 11.3 Å². The fraction of sp³-hybridized carbons (Fsp3) is 0.214. The van der Waals surface area contributed by atoms with Gasteiger partial charge in [-0.15, -0.1) is 0 Å². The first-order valence-corrected chi connectivity index (χ1v) is 7.62. The largest absolute Gasteiger partial charge is 0.312 e. The molecule has 0 aliphatic rings. The minimum atomic E-state index is -0.559. The SMILES string of the molecule is Cc1nn(CC(=O)NNC(=O)c2ccccc2Br)c(C)c1[N+](=O)[O-]. The second-order valence-corrected chi connectivity index (χ2v) is 5.77. The zero-order chi connectivity index (χ0) is 17.9. The molecule has 10 heteroatoms. The number of carbonyl (C=O) groups excluding carboxylic acids is 2. The van der Waals surface area contributed by atoms with Gasteiger partial charge in [-0.2, -0.15) is 5.10 Å². The molecule has 1 aromatic carbocycles. The van der Waals surface area contributed by atoms with Crippen LogP contribution in [0.4, 0.5) is 5.69 Å². The van der Waals surface area contributed by atoms with Gasteiger partial charge in [-0.25, -0.2) is 0 Å². The number of carbonyl (C=O) groups is 2. The van der Waals surface area contributed by atoms with Crippen molar-refractivity contribution >= 4 is 33.4 Å². The number of aryl methyl sites for hydroxylation is 1. The average molecular weight is 396 g/mol. The third-order valence-corrected chi connectivity index (χ3v) is 3.94. The van der Waals surface area contributed by atoms with Crippen LogP contribution in [0.5, 0.6) is 0 Å². The molecule has 2 N–H and O–H groups in total. The van der Waals surface area contributed by atoms with Crippen molar-refractivity contribution in [2.24, 2.45) is 0 Å². The zero-order valence-electron chi connectivity index (χ0n) is 12.9. The van der Waals surface area contributed by atoms with Crippen LogP contribution in [0.25, 0.3) is 0 Å². The van der Waals surface area contributed by atoms with Crippen molar-refractivity contribution < 1.29 is 14.5 Å². The summed E-state index contributed by atoms with van der Waals surface area (Å²) in [6, 6.07) is 6.74. The van der Waals surface area contributed by atoms with E-state index in [1.807, 2.05) is 0 Å². The Labute approximate surface area is 145 Å². The maximum absolute atomic E-state index is 12.0. The van der Waals surface area contributed by atoms with Crippen molar-refractivity contribution in [1.82, 2.24) is 20.6 Å². The van der Waals surface area contributed by atoms with Gasteiger partial charge in [0, 0.05) is 4.47 Å². The van der Waals surface area contributed by atoms with Gasteiger partial charge in [-0.1, -0.05) is 12.1 Å². The zero-order valence-corrected chi connectivity index (χ0v) is 14.5. The van der Waals surface area contributed by atoms with Crippen LogP contribution >= 0.6 is 15.9 Å². The number of amides is 2. The molecule has 0 radical (unpaired) electrons. The normalized spacial score (nSPS) is 10.3. The molecule has 2 aromatic rings. The molecule has 1 heterocycles. The number of nitrogens with zero attached hydrogens (tertiary/aromatic N) is 3. The summed E-state index contributed by atoms with van der Waals surface area (Å²) < 4.78 is 1.80. The van der Waals surface area contributed by atoms with Crippen LogP contribution in [0, 0.1) is 24.0 Å². The van der Waals surface area contributed by atoms with Gasteiger partial charge < -0.3 is 0 Å². The minimum Gasteiger partial charge on any atom is -0.271 e. The first kappa shape index (κ1) is 17.6. The molecule has 0 fully saturated rings. The average Bonchev–Trinajstić information content (AvgIpc) is 2.79. The first-order chi connectivity index (χ1) is 11.3. The fourth-order valence-corrected chi connectivity index (χ4v) is 2.59. The quantitative estimate of drug-likeness (QED) is 0.602. The van der Waals surface area contributed by atoms with E-state index in [9.17, 15) is 19.7 Å². The second-order valence-electron chi connectivity index (χ2n) is 4.92. The molecule has 0 atom stereocenters. The van der Waals surface area contributed by atoms with E-state index >= 15 is 0 Å². The minimum absolute atomic E-state index is 0.125. The molecule has 0 aliphatic heterocycles. The third kappa shape index (κ3) is 3.77. The van der Waals surface area contributed by atoms with E-state index in [2.05, 4.69) is 31.9 Å². The van der Waals surface area contributed by atoms with Crippen LogP contribution < -0.4 is 10.9 Å². The summed E-state index contributed by atoms with van der Waals surface area (Å²) in [6.45, 7) is 2.75. The van der Waals surface area contributed by atoms with Gasteiger partial charge in [0.2, 0.25) is 0 Å². The number of nitrogens with one attached hydrogen (secondary N) is 2. The summed E-state index contributed by atoms with van der Waals surface area (Å²) in [5.74, 6) is -1.05. The molecule has 0 saturated carbocycles. The molecule has 24 heavy (non-hydrogen) atoms. The maximum atomic E-state index is 12.0. The van der Waals surface area contributed by atoms with E-state index in [-0.39, 0.29) is 23.6 Å². The number of halogens is 1. The molecule has 0 bridgehead atoms. The Morgan fingerprint density at radius 3 is 2.54 bits per heavy atom. The lowest BCUT2D eigenvalue weighted by atomic mass is 10.2. The van der Waals surface area contributed by atoms with Gasteiger partial charge in [0.1, 0.15) is 17.9 Å². The highest BCUT2D eigenvalue weighted by atomic mass is 79.9. The molecule has 1 aromatic heterocycles. The van der Waals surface area contributed by atoms with Crippen LogP contribution in [0.2, 0.25) is 0 Å². The Hall–Kier alpha value is -2.75. The molecular formula is C14H14BrN5O4. The number of benzene rings is 1. The lowest BCUT2D eigenvalue weighted by Crippen LogP contribution is -2.43. The Bertz CT molecular complexity index is 817. The number of hydrogen-bond donors (Lipinski definition) is 2. The smallest absolute Gasteiger partial charge is 0.271 e. The van der Waals surface area contributed by atoms with Gasteiger partial charge in [0.05, 0.1) is 10.5 Å². The monoisotopic (exact) mass is 395 g/mol. The van der Waals surface area contributed by atoms with Crippen LogP contribution in [0.3, 0.4) is 0 Å². The molecule has 0 unspecified atom stereocenters. The summed E-state index contributed by atoms with van der Waals surface area (Å²) in [6.07, 6.45) is 0. The number of aromatic nitrogens is 2. The van der Waals surface area contributed by atoms with Crippen molar-refractivity contribution in [2.45, 2.75) is 20.4 Å². The fourth-order valence-electron chi connectivity index (χ4n) is 2.12. The maximum Gasteiger partial charge on any atom is 0.312 e. The van der Waals surface area contributed by atoms with E-state index in [1.54, 1.807) is 24.3 Å². The summed E-state index contributed by atoms with van der Waals surface area (Å²) in [4.78, 5) is 34.3. The van der Waals surface area contributed by atoms with Crippen molar-refractivity contribution in [2.75, 3.05) is 0 Å². The molecule has 0 aliphatic carbocycles. The number of hydrazine groups is 1. The highest BCUT2D eigenvalue weighted by Crippen LogP contribution is 2.21. The molecule has 126 valence electrons. The Morgan fingerprint density at radius 1 is 1.29 bits per heavy atom. The predicted molar refractivity (Wildman–Crippen MR) is 88.1 cm³/mol. The van der Waals surface area contributed by atoms with Gasteiger partial charge in [0.25, 0.3) is 11.8 Å². The van der Waals surface area contributed by atoms with Gasteiger partial charge in [-0.05, 0) is 41.9 Å². The molecule has 2 amide bonds. The first-order valence-electron chi connectivity index (χ1n) is 6.83. The second kappa shape index (κ2) is 7.21. The molecule has 0 saturated heterocycles. The van der Waals surface area contributed by atoms with E-state index in [4.69, 9.17) is 0 Å². The highest BCUT2D eigenvalue weighted by Gasteiger charge is 2.22. The van der Waals surface area contributed by atoms with Crippen molar-refractivity contribution in [3.05, 3.63) is 55.8 Å². The molecular weight excluding hydrogens is 382 g/mol. The third-order valence-electron chi connectivity index (χ3n) is 3.25. The van der Waals surface area contributed by atoms with Gasteiger partial charge in [-0.3, -0.25) is 35.2 Å². The summed E-state index contributed by atoms with van der Waals surface area (Å²) in [5.41, 5.74) is 5.26. The number of nitro groups is 1. The molecule has 9 nitrogen and oxygen atoms in total. The lowest BCUT2D eigenvalue weighted by Gasteiger charge is -2.09. The van der Waals surface area contributed by atoms with E-state index in [0.717, 1.165) is 0 Å². The molecule has 0 spiro atoms. The van der Waals surface area contributed by atoms with Gasteiger partial charge in [0.15, 0.2) is 0 Å². The summed E-state index contributed by atoms with van der Waals surface area (Å²) in [7, 11) is 0. The van der Waals surface area contributed by atoms with E-state index < -0.39 is 16.7 Å². The van der Waals surface area contributed by atoms with Crippen molar-refractivity contribution in [3.63, 3.8) is 0 Å². The Kier molecular flexibility index (Phi) is 5.29. The van der Waals surface area contributed by atoms with Crippen LogP contribution in [0.15, 0.2) is 28.7 Å². The summed E-state index contributed by atoms with van der Waals surface area (Å²) in [5, 5.41) is 14.9. The standard InChI is InChI=1S/C14H14BrN5O4/c1-8-13(20(23)24)9(2)19(18-8)7-12(21)16-17-14(22)10-5-3-4-6-11(10)15/h3-6H,7H2,1-2H3,(H,16,21)(H,17,22). The van der Waals surface area contributed by atoms with Crippen LogP contribution in [0.1, 0.15) is 21.7 Å². The van der Waals surface area contributed by atoms with Crippen molar-refractivity contribution in [3.8, 4) is 0 Å². The van der Waals surface area contributed by atoms with Gasteiger partial charge >= 0.3 is 5.69 Å². The molecule has 2 rings (SSSR count). The topological polar surface area (TPSA) is 119 Å². The predicted octanol–water partition coefficient (Wildman–Crippen LogP) is 1.63. The lowest BCUT2D eigenvalue weighted by molar-refractivity contribution is -0.386. The Balaban J connectivity index is 2.00. The van der Waals surface area contributed by atoms with Crippen LogP contribution in [-0.4, -0.2) is 26.5 Å². The number of rotatable bonds is 4. The Morgan fingerprint density at radius 2 is 1.96 bits per heavy atom. The van der Waals surface area contributed by atoms with E-state index in [1.165, 1.54) is 18.5 Å². The summed E-state index contributed by atoms with van der Waals surface area (Å²) >= 11 is 3.24. The highest BCUT2D eigenvalue weighted by molar-refractivity contribution is 9.10. The number of hydrogen-bond acceptors (Lipinski definition) is 5. The van der Waals surface area contributed by atoms with E-state index in [0.29, 0.717) is 10.0 Å².